The first kappa shape index (κ1) is 31.4. The Balaban J connectivity index is 4.68. The van der Waals surface area contributed by atoms with Crippen LogP contribution in [0.4, 0.5) is 0 Å². The Morgan fingerprint density at radius 2 is 0.613 bits per heavy atom. The van der Waals surface area contributed by atoms with Crippen molar-refractivity contribution in [1.82, 2.24) is 0 Å². The third-order valence-corrected chi connectivity index (χ3v) is 12.3. The zero-order valence-corrected chi connectivity index (χ0v) is 23.2. The molecule has 0 atom stereocenters. The molecule has 0 heterocycles. The molecule has 0 aliphatic rings. The average molecular weight is 458 g/mol. The molecule has 1 nitrogen and oxygen atoms in total. The molecule has 0 aliphatic heterocycles. The van der Waals surface area contributed by atoms with Gasteiger partial charge in [0.2, 0.25) is 0 Å². The highest BCUT2D eigenvalue weighted by atomic mass is 31.2. The summed E-state index contributed by atoms with van der Waals surface area (Å²) in [7, 11) is -0.785. The molecule has 0 fully saturated rings. The molecule has 0 rings (SSSR count). The number of aliphatic hydroxyl groups is 1. The SMILES string of the molecule is CCCCCCCC[P+](CCCCCO)(CCCCCCCC)CCCCCCCC. The van der Waals surface area contributed by atoms with E-state index in [-0.39, 0.29) is 0 Å². The maximum absolute atomic E-state index is 9.24. The molecule has 0 spiro atoms. The molecule has 2 heteroatoms. The second kappa shape index (κ2) is 25.0. The molecule has 0 saturated carbocycles. The van der Waals surface area contributed by atoms with E-state index >= 15 is 0 Å². The second-order valence-electron chi connectivity index (χ2n) is 10.3. The minimum atomic E-state index is -0.785. The van der Waals surface area contributed by atoms with Crippen LogP contribution in [0, 0.1) is 0 Å². The van der Waals surface area contributed by atoms with Gasteiger partial charge < -0.3 is 5.11 Å². The maximum atomic E-state index is 9.24. The van der Waals surface area contributed by atoms with Crippen LogP contribution in [0.3, 0.4) is 0 Å². The standard InChI is InChI=1S/C29H62OP/c1-4-7-10-13-16-21-26-31(29-24-19-20-25-30,27-22-17-14-11-8-5-2)28-23-18-15-12-9-6-3/h30H,4-29H2,1-3H3/q+1. The molecule has 0 bridgehead atoms. The van der Waals surface area contributed by atoms with E-state index in [4.69, 9.17) is 0 Å². The summed E-state index contributed by atoms with van der Waals surface area (Å²) in [6, 6.07) is 0. The molecule has 0 aromatic rings. The molecule has 188 valence electrons. The number of rotatable bonds is 26. The largest absolute Gasteiger partial charge is 0.396 e. The Morgan fingerprint density at radius 1 is 0.355 bits per heavy atom. The Morgan fingerprint density at radius 3 is 0.903 bits per heavy atom. The van der Waals surface area contributed by atoms with Gasteiger partial charge in [0.1, 0.15) is 0 Å². The summed E-state index contributed by atoms with van der Waals surface area (Å²) in [5.74, 6) is 0. The molecule has 0 aromatic carbocycles. The van der Waals surface area contributed by atoms with E-state index in [9.17, 15) is 5.11 Å². The minimum Gasteiger partial charge on any atom is -0.396 e. The van der Waals surface area contributed by atoms with Crippen molar-refractivity contribution in [2.75, 3.05) is 31.3 Å². The second-order valence-corrected chi connectivity index (χ2v) is 14.8. The fourth-order valence-corrected chi connectivity index (χ4v) is 10.0. The minimum absolute atomic E-state index is 0.387. The third-order valence-electron chi connectivity index (χ3n) is 7.25. The summed E-state index contributed by atoms with van der Waals surface area (Å²) in [5.41, 5.74) is 0. The van der Waals surface area contributed by atoms with Gasteiger partial charge in [0, 0.05) is 13.9 Å². The van der Waals surface area contributed by atoms with Gasteiger partial charge in [-0.2, -0.15) is 0 Å². The summed E-state index contributed by atoms with van der Waals surface area (Å²) in [4.78, 5) is 0. The normalized spacial score (nSPS) is 12.0. The van der Waals surface area contributed by atoms with Gasteiger partial charge in [-0.25, -0.2) is 0 Å². The van der Waals surface area contributed by atoms with Crippen molar-refractivity contribution < 1.29 is 5.11 Å². The predicted octanol–water partition coefficient (Wildman–Crippen LogP) is 10.2. The monoisotopic (exact) mass is 457 g/mol. The topological polar surface area (TPSA) is 20.2 Å². The smallest absolute Gasteiger partial charge is 0.0594 e. The van der Waals surface area contributed by atoms with E-state index in [1.165, 1.54) is 135 Å². The van der Waals surface area contributed by atoms with Gasteiger partial charge in [0.25, 0.3) is 0 Å². The van der Waals surface area contributed by atoms with Gasteiger partial charge in [-0.1, -0.05) is 97.8 Å². The van der Waals surface area contributed by atoms with E-state index < -0.39 is 7.26 Å². The van der Waals surface area contributed by atoms with E-state index in [0.29, 0.717) is 6.61 Å². The lowest BCUT2D eigenvalue weighted by atomic mass is 10.1. The van der Waals surface area contributed by atoms with Crippen LogP contribution in [-0.4, -0.2) is 36.4 Å². The van der Waals surface area contributed by atoms with Gasteiger partial charge in [-0.3, -0.25) is 0 Å². The number of aliphatic hydroxyl groups excluding tert-OH is 1. The molecule has 0 saturated heterocycles. The van der Waals surface area contributed by atoms with Gasteiger partial charge >= 0.3 is 0 Å². The molecular weight excluding hydrogens is 395 g/mol. The molecule has 0 amide bonds. The highest BCUT2D eigenvalue weighted by Gasteiger charge is 2.34. The summed E-state index contributed by atoms with van der Waals surface area (Å²) >= 11 is 0. The van der Waals surface area contributed by atoms with Crippen molar-refractivity contribution >= 4 is 7.26 Å². The van der Waals surface area contributed by atoms with Gasteiger partial charge in [-0.15, -0.1) is 0 Å². The summed E-state index contributed by atoms with van der Waals surface area (Å²) < 4.78 is 0. The Labute approximate surface area is 199 Å². The Bertz CT molecular complexity index is 290. The zero-order chi connectivity index (χ0) is 22.9. The molecular formula is C29H62OP+. The Hall–Kier alpha value is 0.390. The summed E-state index contributed by atoms with van der Waals surface area (Å²) in [6.07, 6.45) is 36.0. The average Bonchev–Trinajstić information content (AvgIpc) is 2.78. The van der Waals surface area contributed by atoms with Gasteiger partial charge in [-0.05, 0) is 57.8 Å². The maximum Gasteiger partial charge on any atom is 0.0594 e. The van der Waals surface area contributed by atoms with Gasteiger partial charge in [0.05, 0.1) is 24.6 Å². The lowest BCUT2D eigenvalue weighted by Gasteiger charge is -2.28. The van der Waals surface area contributed by atoms with Crippen molar-refractivity contribution in [1.29, 1.82) is 0 Å². The van der Waals surface area contributed by atoms with Crippen molar-refractivity contribution in [3.63, 3.8) is 0 Å². The first-order valence-corrected chi connectivity index (χ1v) is 17.2. The van der Waals surface area contributed by atoms with Crippen molar-refractivity contribution in [2.45, 2.75) is 156 Å². The van der Waals surface area contributed by atoms with Crippen molar-refractivity contribution in [2.24, 2.45) is 0 Å². The highest BCUT2D eigenvalue weighted by Crippen LogP contribution is 2.61. The van der Waals surface area contributed by atoms with Crippen LogP contribution < -0.4 is 0 Å². The number of unbranched alkanes of at least 4 members (excludes halogenated alkanes) is 17. The first-order valence-electron chi connectivity index (χ1n) is 14.7. The van der Waals surface area contributed by atoms with Crippen LogP contribution in [0.25, 0.3) is 0 Å². The molecule has 0 unspecified atom stereocenters. The molecule has 0 aromatic heterocycles. The van der Waals surface area contributed by atoms with E-state index in [1.807, 2.05) is 0 Å². The lowest BCUT2D eigenvalue weighted by Crippen LogP contribution is -2.13. The molecule has 1 N–H and O–H groups in total. The van der Waals surface area contributed by atoms with Crippen molar-refractivity contribution in [3.05, 3.63) is 0 Å². The van der Waals surface area contributed by atoms with Crippen LogP contribution in [0.1, 0.15) is 156 Å². The number of hydrogen-bond acceptors (Lipinski definition) is 1. The van der Waals surface area contributed by atoms with E-state index in [1.54, 1.807) is 18.5 Å². The van der Waals surface area contributed by atoms with E-state index in [0.717, 1.165) is 6.42 Å². The van der Waals surface area contributed by atoms with E-state index in [2.05, 4.69) is 20.8 Å². The summed E-state index contributed by atoms with van der Waals surface area (Å²) in [5, 5.41) is 9.24. The highest BCUT2D eigenvalue weighted by molar-refractivity contribution is 7.75. The van der Waals surface area contributed by atoms with Crippen LogP contribution >= 0.6 is 7.26 Å². The van der Waals surface area contributed by atoms with Crippen molar-refractivity contribution in [3.8, 4) is 0 Å². The lowest BCUT2D eigenvalue weighted by molar-refractivity contribution is 0.284. The quantitative estimate of drug-likeness (QED) is 0.101. The Kier molecular flexibility index (Phi) is 25.3. The van der Waals surface area contributed by atoms with Crippen LogP contribution in [0.5, 0.6) is 0 Å². The number of hydrogen-bond donors (Lipinski definition) is 1. The molecule has 31 heavy (non-hydrogen) atoms. The van der Waals surface area contributed by atoms with Crippen LogP contribution in [0.15, 0.2) is 0 Å². The fraction of sp³-hybridized carbons (Fsp3) is 1.00. The van der Waals surface area contributed by atoms with Crippen LogP contribution in [0.2, 0.25) is 0 Å². The van der Waals surface area contributed by atoms with Crippen LogP contribution in [-0.2, 0) is 0 Å². The predicted molar refractivity (Wildman–Crippen MR) is 147 cm³/mol. The molecule has 0 radical (unpaired) electrons. The first-order chi connectivity index (χ1) is 15.2. The fourth-order valence-electron chi connectivity index (χ4n) is 5.09. The summed E-state index contributed by atoms with van der Waals surface area (Å²) in [6.45, 7) is 7.36. The zero-order valence-electron chi connectivity index (χ0n) is 22.3. The third kappa shape index (κ3) is 20.7. The van der Waals surface area contributed by atoms with Gasteiger partial charge in [0.15, 0.2) is 0 Å². The molecule has 0 aliphatic carbocycles.